The van der Waals surface area contributed by atoms with Gasteiger partial charge < -0.3 is 19.3 Å². The van der Waals surface area contributed by atoms with Crippen LogP contribution >= 0.6 is 7.82 Å². The minimum atomic E-state index is -4.20. The minimum absolute atomic E-state index is 0.112. The van der Waals surface area contributed by atoms with E-state index in [9.17, 15) is 14.3 Å². The Morgan fingerprint density at radius 2 is 1.73 bits per heavy atom. The molecule has 0 spiro atoms. The molecule has 0 aliphatic rings. The monoisotopic (exact) mass is 332 g/mol. The molecule has 1 aromatic carbocycles. The van der Waals surface area contributed by atoms with Gasteiger partial charge in [-0.2, -0.15) is 0 Å². The zero-order chi connectivity index (χ0) is 17.4. The summed E-state index contributed by atoms with van der Waals surface area (Å²) >= 11 is 0. The van der Waals surface area contributed by atoms with Gasteiger partial charge in [-0.1, -0.05) is 58.0 Å². The predicted molar refractivity (Wildman–Crippen MR) is 86.4 cm³/mol. The van der Waals surface area contributed by atoms with Gasteiger partial charge in [0, 0.05) is 13.7 Å². The van der Waals surface area contributed by atoms with Crippen LogP contribution < -0.4 is 10.2 Å². The first kappa shape index (κ1) is 23.1. The first-order valence-corrected chi connectivity index (χ1v) is 8.81. The topological polar surface area (TPSA) is 87.7 Å². The van der Waals surface area contributed by atoms with Gasteiger partial charge in [-0.05, 0) is 5.56 Å². The van der Waals surface area contributed by atoms with E-state index < -0.39 is 7.82 Å². The third-order valence-corrected chi connectivity index (χ3v) is 3.05. The zero-order valence-electron chi connectivity index (χ0n) is 14.0. The maximum Gasteiger partial charge on any atom is 0.267 e. The minimum Gasteiger partial charge on any atom is -0.756 e. The third-order valence-electron chi connectivity index (χ3n) is 2.10. The van der Waals surface area contributed by atoms with Crippen molar-refractivity contribution < 1.29 is 23.3 Å². The molecule has 0 saturated heterocycles. The van der Waals surface area contributed by atoms with Crippen LogP contribution in [0.5, 0.6) is 0 Å². The highest BCUT2D eigenvalue weighted by Gasteiger charge is 2.06. The normalized spacial score (nSPS) is 11.9. The molecule has 1 aromatic rings. The number of phosphoric acid groups is 1. The first-order chi connectivity index (χ1) is 10.5. The second-order valence-electron chi connectivity index (χ2n) is 3.48. The summed E-state index contributed by atoms with van der Waals surface area (Å²) in [5.41, 5.74) is 0.891. The van der Waals surface area contributed by atoms with Gasteiger partial charge in [0.1, 0.15) is 0 Å². The van der Waals surface area contributed by atoms with Crippen molar-refractivity contribution in [1.82, 2.24) is 5.32 Å². The molecule has 1 rings (SSSR count). The second kappa shape index (κ2) is 14.7. The summed E-state index contributed by atoms with van der Waals surface area (Å²) in [6.45, 7) is 7.97. The van der Waals surface area contributed by atoms with Crippen LogP contribution in [-0.2, 0) is 24.8 Å². The van der Waals surface area contributed by atoms with Crippen molar-refractivity contribution in [2.45, 2.75) is 34.1 Å². The van der Waals surface area contributed by atoms with E-state index in [2.05, 4.69) is 14.4 Å². The van der Waals surface area contributed by atoms with Crippen LogP contribution in [0.2, 0.25) is 0 Å². The molecule has 128 valence electrons. The van der Waals surface area contributed by atoms with Crippen LogP contribution in [0, 0.1) is 0 Å². The second-order valence-corrected chi connectivity index (χ2v) is 4.99. The van der Waals surface area contributed by atoms with Crippen molar-refractivity contribution in [1.29, 1.82) is 0 Å². The van der Waals surface area contributed by atoms with E-state index in [0.29, 0.717) is 0 Å². The summed E-state index contributed by atoms with van der Waals surface area (Å²) < 4.78 is 19.4. The molecular formula is C15H27NO5P-. The molecule has 0 aliphatic carbocycles. The number of phosphoric ester groups is 1. The van der Waals surface area contributed by atoms with E-state index in [4.69, 9.17) is 0 Å². The molecular weight excluding hydrogens is 305 g/mol. The van der Waals surface area contributed by atoms with Gasteiger partial charge in [-0.3, -0.25) is 9.36 Å². The number of carbonyl (C=O) groups excluding carboxylic acids is 1. The van der Waals surface area contributed by atoms with Crippen molar-refractivity contribution >= 4 is 13.7 Å². The molecule has 0 heterocycles. The van der Waals surface area contributed by atoms with Gasteiger partial charge in [0.05, 0.1) is 13.0 Å². The lowest BCUT2D eigenvalue weighted by molar-refractivity contribution is -0.222. The van der Waals surface area contributed by atoms with Crippen molar-refractivity contribution in [2.75, 3.05) is 20.3 Å². The van der Waals surface area contributed by atoms with Crippen LogP contribution in [0.15, 0.2) is 30.3 Å². The lowest BCUT2D eigenvalue weighted by Gasteiger charge is -2.20. The van der Waals surface area contributed by atoms with Crippen molar-refractivity contribution in [3.05, 3.63) is 35.9 Å². The maximum atomic E-state index is 11.5. The Bertz CT molecular complexity index is 425. The maximum absolute atomic E-state index is 11.5. The number of benzene rings is 1. The van der Waals surface area contributed by atoms with Gasteiger partial charge in [0.25, 0.3) is 7.82 Å². The van der Waals surface area contributed by atoms with Gasteiger partial charge in [-0.25, -0.2) is 0 Å². The van der Waals surface area contributed by atoms with Gasteiger partial charge in [-0.15, -0.1) is 0 Å². The largest absolute Gasteiger partial charge is 0.756 e. The molecule has 0 radical (unpaired) electrons. The SMILES string of the molecule is CC.CC.COP(=O)([O-])OCCNC(=O)Cc1ccccc1. The summed E-state index contributed by atoms with van der Waals surface area (Å²) in [6.07, 6.45) is 0.250. The van der Waals surface area contributed by atoms with E-state index in [1.807, 2.05) is 58.0 Å². The number of carbonyl (C=O) groups is 1. The molecule has 0 fully saturated rings. The summed E-state index contributed by atoms with van der Waals surface area (Å²) in [5.74, 6) is -0.192. The molecule has 6 nitrogen and oxygen atoms in total. The Balaban J connectivity index is 0. The number of rotatable bonds is 7. The number of hydrogen-bond donors (Lipinski definition) is 1. The average Bonchev–Trinajstić information content (AvgIpc) is 2.56. The van der Waals surface area contributed by atoms with Gasteiger partial charge in [0.15, 0.2) is 0 Å². The van der Waals surface area contributed by atoms with Crippen LogP contribution in [0.3, 0.4) is 0 Å². The molecule has 0 bridgehead atoms. The Hall–Kier alpha value is -1.20. The number of amides is 1. The van der Waals surface area contributed by atoms with E-state index in [-0.39, 0.29) is 25.5 Å². The Labute approximate surface area is 133 Å². The smallest absolute Gasteiger partial charge is 0.267 e. The fourth-order valence-corrected chi connectivity index (χ4v) is 1.66. The highest BCUT2D eigenvalue weighted by atomic mass is 31.2. The van der Waals surface area contributed by atoms with E-state index in [0.717, 1.165) is 12.7 Å². The highest BCUT2D eigenvalue weighted by molar-refractivity contribution is 7.45. The Kier molecular flexibility index (Phi) is 15.4. The molecule has 0 aromatic heterocycles. The van der Waals surface area contributed by atoms with Crippen LogP contribution in [0.1, 0.15) is 33.3 Å². The predicted octanol–water partition coefficient (Wildman–Crippen LogP) is 2.53. The van der Waals surface area contributed by atoms with E-state index >= 15 is 0 Å². The third kappa shape index (κ3) is 12.5. The van der Waals surface area contributed by atoms with Gasteiger partial charge >= 0.3 is 0 Å². The van der Waals surface area contributed by atoms with Crippen molar-refractivity contribution in [3.63, 3.8) is 0 Å². The molecule has 1 N–H and O–H groups in total. The molecule has 0 saturated carbocycles. The fraction of sp³-hybridized carbons (Fsp3) is 0.533. The highest BCUT2D eigenvalue weighted by Crippen LogP contribution is 2.36. The van der Waals surface area contributed by atoms with Crippen LogP contribution in [-0.4, -0.2) is 26.2 Å². The number of nitrogens with one attached hydrogen (secondary N) is 1. The standard InChI is InChI=1S/C11H16NO5P.2C2H6/c1-16-18(14,15)17-8-7-12-11(13)9-10-5-3-2-4-6-10;2*1-2/h2-6H,7-9H2,1H3,(H,12,13)(H,14,15);2*1-2H3/p-1. The van der Waals surface area contributed by atoms with Crippen molar-refractivity contribution in [3.8, 4) is 0 Å². The Morgan fingerprint density at radius 1 is 1.18 bits per heavy atom. The molecule has 1 unspecified atom stereocenters. The summed E-state index contributed by atoms with van der Waals surface area (Å²) in [5, 5.41) is 2.55. The molecule has 22 heavy (non-hydrogen) atoms. The summed E-state index contributed by atoms with van der Waals surface area (Å²) in [6, 6.07) is 9.24. The molecule has 1 atom stereocenters. The van der Waals surface area contributed by atoms with Crippen molar-refractivity contribution in [2.24, 2.45) is 0 Å². The van der Waals surface area contributed by atoms with E-state index in [1.54, 1.807) is 0 Å². The lowest BCUT2D eigenvalue weighted by Crippen LogP contribution is -2.28. The molecule has 7 heteroatoms. The zero-order valence-corrected chi connectivity index (χ0v) is 14.9. The Morgan fingerprint density at radius 3 is 2.23 bits per heavy atom. The van der Waals surface area contributed by atoms with Gasteiger partial charge in [0.2, 0.25) is 5.91 Å². The van der Waals surface area contributed by atoms with E-state index in [1.165, 1.54) is 0 Å². The van der Waals surface area contributed by atoms with Crippen LogP contribution in [0.25, 0.3) is 0 Å². The summed E-state index contributed by atoms with van der Waals surface area (Å²) in [4.78, 5) is 22.3. The summed E-state index contributed by atoms with van der Waals surface area (Å²) in [7, 11) is -3.19. The quantitative estimate of drug-likeness (QED) is 0.612. The van der Waals surface area contributed by atoms with Crippen LogP contribution in [0.4, 0.5) is 0 Å². The fourth-order valence-electron chi connectivity index (χ4n) is 1.24. The lowest BCUT2D eigenvalue weighted by atomic mass is 10.1. The molecule has 1 amide bonds. The first-order valence-electron chi connectivity index (χ1n) is 7.35. The number of hydrogen-bond acceptors (Lipinski definition) is 5. The molecule has 0 aliphatic heterocycles. The average molecular weight is 332 g/mol.